The Hall–Kier alpha value is -2.80. The van der Waals surface area contributed by atoms with E-state index in [2.05, 4.69) is 4.99 Å². The number of hydrogen-bond donors (Lipinski definition) is 1. The maximum absolute atomic E-state index is 10.8. The van der Waals surface area contributed by atoms with E-state index in [4.69, 9.17) is 23.7 Å². The second kappa shape index (κ2) is 9.60. The second-order valence-electron chi connectivity index (χ2n) is 6.28. The lowest BCUT2D eigenvalue weighted by atomic mass is 9.92. The second-order valence-corrected chi connectivity index (χ2v) is 6.28. The Morgan fingerprint density at radius 1 is 0.828 bits per heavy atom. The molecule has 1 aliphatic rings. The summed E-state index contributed by atoms with van der Waals surface area (Å²) in [6.07, 6.45) is 1.22. The molecule has 2 aromatic carbocycles. The fourth-order valence-corrected chi connectivity index (χ4v) is 3.51. The van der Waals surface area contributed by atoms with Crippen molar-refractivity contribution in [1.29, 1.82) is 0 Å². The number of methoxy groups -OCH3 is 5. The molecule has 2 aromatic rings. The zero-order chi connectivity index (χ0) is 20.3. The molecule has 1 aliphatic heterocycles. The molecule has 1 heterocycles. The topological polar surface area (TPSA) is 78.7 Å². The Morgan fingerprint density at radius 3 is 1.90 bits per heavy atom. The van der Waals surface area contributed by atoms with Crippen LogP contribution in [0.15, 0.2) is 23.2 Å². The molecule has 0 radical (unpaired) electrons. The van der Waals surface area contributed by atoms with Crippen molar-refractivity contribution < 1.29 is 28.8 Å². The van der Waals surface area contributed by atoms with Crippen LogP contribution in [-0.4, -0.2) is 52.9 Å². The average molecular weight is 424 g/mol. The summed E-state index contributed by atoms with van der Waals surface area (Å²) in [5.41, 5.74) is 3.37. The van der Waals surface area contributed by atoms with Crippen molar-refractivity contribution in [2.24, 2.45) is 4.99 Å². The van der Waals surface area contributed by atoms with Gasteiger partial charge < -0.3 is 28.8 Å². The van der Waals surface area contributed by atoms with Gasteiger partial charge >= 0.3 is 0 Å². The van der Waals surface area contributed by atoms with Crippen molar-refractivity contribution in [3.05, 3.63) is 34.9 Å². The summed E-state index contributed by atoms with van der Waals surface area (Å²) in [6, 6.07) is 5.67. The smallest absolute Gasteiger partial charge is 0.203 e. The van der Waals surface area contributed by atoms with Crippen LogP contribution >= 0.6 is 12.4 Å². The van der Waals surface area contributed by atoms with E-state index in [-0.39, 0.29) is 18.2 Å². The van der Waals surface area contributed by atoms with Crippen molar-refractivity contribution in [2.75, 3.05) is 42.1 Å². The van der Waals surface area contributed by atoms with Crippen LogP contribution in [0.4, 0.5) is 0 Å². The normalized spacial score (nSPS) is 12.2. The molecule has 8 heteroatoms. The molecule has 0 atom stereocenters. The van der Waals surface area contributed by atoms with Crippen LogP contribution < -0.4 is 23.7 Å². The Balaban J connectivity index is 0.00000300. The molecule has 0 fully saturated rings. The number of hydrogen-bond acceptors (Lipinski definition) is 7. The molecule has 0 bridgehead atoms. The van der Waals surface area contributed by atoms with Gasteiger partial charge in [0.2, 0.25) is 11.5 Å². The van der Waals surface area contributed by atoms with Crippen molar-refractivity contribution in [1.82, 2.24) is 0 Å². The van der Waals surface area contributed by atoms with Crippen LogP contribution in [0.2, 0.25) is 0 Å². The minimum atomic E-state index is 0. The third kappa shape index (κ3) is 4.15. The van der Waals surface area contributed by atoms with E-state index in [1.165, 1.54) is 7.11 Å². The van der Waals surface area contributed by atoms with Gasteiger partial charge in [0.05, 0.1) is 41.3 Å². The van der Waals surface area contributed by atoms with Gasteiger partial charge in [-0.2, -0.15) is 0 Å². The van der Waals surface area contributed by atoms with Gasteiger partial charge in [-0.05, 0) is 35.7 Å². The first kappa shape index (κ1) is 22.5. The first-order valence-electron chi connectivity index (χ1n) is 8.87. The van der Waals surface area contributed by atoms with E-state index in [1.807, 2.05) is 18.2 Å². The Kier molecular flexibility index (Phi) is 7.45. The largest absolute Gasteiger partial charge is 0.504 e. The minimum absolute atomic E-state index is 0. The standard InChI is InChI=1S/C21H25NO6.ClH/c1-24-15-9-12(10-16(25-2)20(15)27-4)8-14-18-13(6-7-22-14)11-17(26-3)21(28-5)19(18)23;/h9-11,23H,6-8H2,1-5H3;1H. The highest BCUT2D eigenvalue weighted by atomic mass is 35.5. The number of phenols is 1. The molecular weight excluding hydrogens is 398 g/mol. The van der Waals surface area contributed by atoms with Crippen LogP contribution in [-0.2, 0) is 12.8 Å². The number of benzene rings is 2. The third-order valence-electron chi connectivity index (χ3n) is 4.79. The number of aliphatic imine (C=N–C) groups is 1. The summed E-state index contributed by atoms with van der Waals surface area (Å²) >= 11 is 0. The number of phenolic OH excluding ortho intramolecular Hbond substituents is 1. The minimum Gasteiger partial charge on any atom is -0.504 e. The SMILES string of the molecule is COc1cc(CC2=NCCc3cc(OC)c(OC)c(O)c32)cc(OC)c1OC.Cl. The van der Waals surface area contributed by atoms with Crippen molar-refractivity contribution in [2.45, 2.75) is 12.8 Å². The van der Waals surface area contributed by atoms with Crippen LogP contribution in [0.3, 0.4) is 0 Å². The summed E-state index contributed by atoms with van der Waals surface area (Å²) in [4.78, 5) is 4.66. The van der Waals surface area contributed by atoms with Crippen molar-refractivity contribution in [3.63, 3.8) is 0 Å². The molecule has 3 rings (SSSR count). The number of rotatable bonds is 7. The predicted molar refractivity (Wildman–Crippen MR) is 113 cm³/mol. The number of fused-ring (bicyclic) bond motifs is 1. The summed E-state index contributed by atoms with van der Waals surface area (Å²) in [5, 5.41) is 10.8. The third-order valence-corrected chi connectivity index (χ3v) is 4.79. The highest BCUT2D eigenvalue weighted by molar-refractivity contribution is 6.07. The molecule has 29 heavy (non-hydrogen) atoms. The predicted octanol–water partition coefficient (Wildman–Crippen LogP) is 3.44. The Morgan fingerprint density at radius 2 is 1.38 bits per heavy atom. The highest BCUT2D eigenvalue weighted by Crippen LogP contribution is 2.44. The van der Waals surface area contributed by atoms with Gasteiger partial charge in [-0.15, -0.1) is 12.4 Å². The van der Waals surface area contributed by atoms with Gasteiger partial charge in [-0.3, -0.25) is 4.99 Å². The summed E-state index contributed by atoms with van der Waals surface area (Å²) in [6.45, 7) is 0.641. The van der Waals surface area contributed by atoms with Crippen LogP contribution in [0.25, 0.3) is 0 Å². The van der Waals surface area contributed by atoms with Gasteiger partial charge in [0, 0.05) is 18.5 Å². The zero-order valence-electron chi connectivity index (χ0n) is 17.2. The number of nitrogens with zero attached hydrogens (tertiary/aromatic N) is 1. The number of aromatic hydroxyl groups is 1. The summed E-state index contributed by atoms with van der Waals surface area (Å²) < 4.78 is 27.0. The van der Waals surface area contributed by atoms with E-state index in [0.29, 0.717) is 47.3 Å². The first-order chi connectivity index (χ1) is 13.6. The van der Waals surface area contributed by atoms with E-state index in [0.717, 1.165) is 23.3 Å². The molecule has 0 amide bonds. The van der Waals surface area contributed by atoms with Gasteiger partial charge in [-0.1, -0.05) is 0 Å². The molecular formula is C21H26ClNO6. The van der Waals surface area contributed by atoms with Gasteiger partial charge in [-0.25, -0.2) is 0 Å². The van der Waals surface area contributed by atoms with Crippen molar-refractivity contribution >= 4 is 18.1 Å². The molecule has 0 spiro atoms. The van der Waals surface area contributed by atoms with E-state index < -0.39 is 0 Å². The van der Waals surface area contributed by atoms with Crippen molar-refractivity contribution in [3.8, 4) is 34.5 Å². The lowest BCUT2D eigenvalue weighted by Crippen LogP contribution is -2.16. The van der Waals surface area contributed by atoms with Crippen LogP contribution in [0.5, 0.6) is 34.5 Å². The zero-order valence-corrected chi connectivity index (χ0v) is 18.0. The first-order valence-corrected chi connectivity index (χ1v) is 8.87. The highest BCUT2D eigenvalue weighted by Gasteiger charge is 2.25. The molecule has 0 saturated heterocycles. The van der Waals surface area contributed by atoms with Crippen LogP contribution in [0, 0.1) is 0 Å². The fraction of sp³-hybridized carbons (Fsp3) is 0.381. The number of halogens is 1. The summed E-state index contributed by atoms with van der Waals surface area (Å²) in [7, 11) is 7.79. The van der Waals surface area contributed by atoms with Gasteiger partial charge in [0.25, 0.3) is 0 Å². The maximum atomic E-state index is 10.8. The number of ether oxygens (including phenoxy) is 5. The van der Waals surface area contributed by atoms with E-state index >= 15 is 0 Å². The van der Waals surface area contributed by atoms with E-state index in [9.17, 15) is 5.11 Å². The van der Waals surface area contributed by atoms with E-state index in [1.54, 1.807) is 28.4 Å². The van der Waals surface area contributed by atoms with Gasteiger partial charge in [0.15, 0.2) is 23.0 Å². The Labute approximate surface area is 176 Å². The molecule has 0 saturated carbocycles. The molecule has 158 valence electrons. The lowest BCUT2D eigenvalue weighted by molar-refractivity contribution is 0.324. The summed E-state index contributed by atoms with van der Waals surface area (Å²) in [5.74, 6) is 2.54. The maximum Gasteiger partial charge on any atom is 0.203 e. The quantitative estimate of drug-likeness (QED) is 0.734. The fourth-order valence-electron chi connectivity index (χ4n) is 3.51. The molecule has 1 N–H and O–H groups in total. The molecule has 7 nitrogen and oxygen atoms in total. The molecule has 0 aromatic heterocycles. The average Bonchev–Trinajstić information content (AvgIpc) is 2.72. The lowest BCUT2D eigenvalue weighted by Gasteiger charge is -2.22. The Bertz CT molecular complexity index is 888. The molecule has 0 unspecified atom stereocenters. The van der Waals surface area contributed by atoms with Gasteiger partial charge in [0.1, 0.15) is 0 Å². The monoisotopic (exact) mass is 423 g/mol. The van der Waals surface area contributed by atoms with Crippen LogP contribution in [0.1, 0.15) is 16.7 Å². The molecule has 0 aliphatic carbocycles.